The van der Waals surface area contributed by atoms with E-state index in [0.717, 1.165) is 67.0 Å². The van der Waals surface area contributed by atoms with E-state index in [1.54, 1.807) is 0 Å². The molecule has 0 saturated carbocycles. The molecule has 0 saturated heterocycles. The van der Waals surface area contributed by atoms with E-state index in [-0.39, 0.29) is 0 Å². The Kier molecular flexibility index (Phi) is 15.4. The molecule has 0 fully saturated rings. The number of fused-ring (bicyclic) bond motifs is 16. The SMILES string of the molecule is c1ccc(-c2nc(-c3ccccc3)nc(-c3ccc(-c4ccc5c(ccc6c5c5ccccc5n6-c5ccc6ccc7ccccc7c6c5)c4)cc3)n2)cc1.c1ccc(-c2nc(-c3ccccc3)nc(-c3cccc(-c4ccc5c(ccc6c5c5ccccc5n6-c5ccc6ccc7ccccc7c6c5)c4)c3)n2)cc1. The first-order valence-electron chi connectivity index (χ1n) is 37.2. The summed E-state index contributed by atoms with van der Waals surface area (Å²) in [6.45, 7) is 0. The summed E-state index contributed by atoms with van der Waals surface area (Å²) in [5.41, 5.74) is 17.4. The highest BCUT2D eigenvalue weighted by Crippen LogP contribution is 2.43. The van der Waals surface area contributed by atoms with E-state index in [9.17, 15) is 0 Å². The van der Waals surface area contributed by atoms with Gasteiger partial charge in [0.15, 0.2) is 34.9 Å². The van der Waals surface area contributed by atoms with Crippen molar-refractivity contribution in [2.45, 2.75) is 0 Å². The van der Waals surface area contributed by atoms with Crippen molar-refractivity contribution in [2.75, 3.05) is 0 Å². The summed E-state index contributed by atoms with van der Waals surface area (Å²) in [5.74, 6) is 3.92. The Bertz CT molecular complexity index is 7260. The number of para-hydroxylation sites is 2. The van der Waals surface area contributed by atoms with Crippen LogP contribution in [0.1, 0.15) is 0 Å². The van der Waals surface area contributed by atoms with Gasteiger partial charge in [-0.15, -0.1) is 0 Å². The number of aromatic nitrogens is 8. The second-order valence-electron chi connectivity index (χ2n) is 28.1. The van der Waals surface area contributed by atoms with Crippen molar-refractivity contribution in [3.05, 3.63) is 388 Å². The van der Waals surface area contributed by atoms with Gasteiger partial charge in [-0.3, -0.25) is 0 Å². The third-order valence-electron chi connectivity index (χ3n) is 21.6. The molecule has 0 spiro atoms. The minimum Gasteiger partial charge on any atom is -0.309 e. The Morgan fingerprint density at radius 3 is 0.864 bits per heavy atom. The predicted octanol–water partition coefficient (Wildman–Crippen LogP) is 26.2. The van der Waals surface area contributed by atoms with Crippen molar-refractivity contribution in [1.29, 1.82) is 0 Å². The van der Waals surface area contributed by atoms with E-state index in [1.165, 1.54) is 108 Å². The summed E-state index contributed by atoms with van der Waals surface area (Å²) < 4.78 is 4.84. The van der Waals surface area contributed by atoms with Crippen LogP contribution >= 0.6 is 0 Å². The smallest absolute Gasteiger partial charge is 0.164 e. The lowest BCUT2D eigenvalue weighted by Gasteiger charge is -2.12. The van der Waals surface area contributed by atoms with E-state index < -0.39 is 0 Å². The van der Waals surface area contributed by atoms with Gasteiger partial charge >= 0.3 is 0 Å². The van der Waals surface area contributed by atoms with Gasteiger partial charge in [-0.2, -0.15) is 0 Å². The largest absolute Gasteiger partial charge is 0.309 e. The second kappa shape index (κ2) is 26.6. The Morgan fingerprint density at radius 1 is 0.145 bits per heavy atom. The van der Waals surface area contributed by atoms with Gasteiger partial charge in [-0.25, -0.2) is 29.9 Å². The van der Waals surface area contributed by atoms with Gasteiger partial charge in [0.25, 0.3) is 0 Å². The van der Waals surface area contributed by atoms with Crippen molar-refractivity contribution in [3.8, 4) is 102 Å². The van der Waals surface area contributed by atoms with Gasteiger partial charge in [0, 0.05) is 66.3 Å². The Morgan fingerprint density at radius 2 is 0.436 bits per heavy atom. The lowest BCUT2D eigenvalue weighted by molar-refractivity contribution is 1.07. The average molecular weight is 1400 g/mol. The van der Waals surface area contributed by atoms with Crippen molar-refractivity contribution in [3.63, 3.8) is 0 Å². The van der Waals surface area contributed by atoms with E-state index in [2.05, 4.69) is 276 Å². The first-order chi connectivity index (χ1) is 54.5. The molecule has 0 radical (unpaired) electrons. The first-order valence-corrected chi connectivity index (χ1v) is 37.2. The van der Waals surface area contributed by atoms with Gasteiger partial charge < -0.3 is 9.13 Å². The molecule has 0 bridgehead atoms. The van der Waals surface area contributed by atoms with Crippen molar-refractivity contribution in [1.82, 2.24) is 39.0 Å². The molecule has 0 amide bonds. The first kappa shape index (κ1) is 63.6. The molecule has 0 atom stereocenters. The molecule has 18 aromatic carbocycles. The second-order valence-corrected chi connectivity index (χ2v) is 28.1. The fourth-order valence-electron chi connectivity index (χ4n) is 16.3. The normalized spacial score (nSPS) is 11.6. The number of hydrogen-bond acceptors (Lipinski definition) is 6. The molecule has 110 heavy (non-hydrogen) atoms. The van der Waals surface area contributed by atoms with Gasteiger partial charge in [-0.1, -0.05) is 322 Å². The highest BCUT2D eigenvalue weighted by Gasteiger charge is 2.21. The number of nitrogens with zero attached hydrogens (tertiary/aromatic N) is 8. The van der Waals surface area contributed by atoms with Crippen LogP contribution in [0.25, 0.3) is 210 Å². The molecular weight excluding hydrogens is 1340 g/mol. The van der Waals surface area contributed by atoms with Gasteiger partial charge in [0.2, 0.25) is 0 Å². The van der Waals surface area contributed by atoms with Crippen LogP contribution in [0, 0.1) is 0 Å². The molecule has 22 aromatic rings. The molecule has 8 nitrogen and oxygen atoms in total. The van der Waals surface area contributed by atoms with Crippen LogP contribution in [0.4, 0.5) is 0 Å². The van der Waals surface area contributed by atoms with Crippen LogP contribution in [0.15, 0.2) is 388 Å². The summed E-state index contributed by atoms with van der Waals surface area (Å²) in [4.78, 5) is 29.5. The molecule has 0 aliphatic rings. The molecule has 22 rings (SSSR count). The summed E-state index contributed by atoms with van der Waals surface area (Å²) in [6.07, 6.45) is 0. The fourth-order valence-corrected chi connectivity index (χ4v) is 16.3. The van der Waals surface area contributed by atoms with Crippen LogP contribution in [0.2, 0.25) is 0 Å². The predicted molar refractivity (Wildman–Crippen MR) is 457 cm³/mol. The lowest BCUT2D eigenvalue weighted by atomic mass is 9.97. The maximum absolute atomic E-state index is 4.98. The highest BCUT2D eigenvalue weighted by molar-refractivity contribution is 6.23. The molecule has 512 valence electrons. The molecule has 0 aliphatic carbocycles. The quantitative estimate of drug-likeness (QED) is 0.127. The van der Waals surface area contributed by atoms with Crippen LogP contribution in [-0.2, 0) is 0 Å². The zero-order valence-electron chi connectivity index (χ0n) is 59.5. The topological polar surface area (TPSA) is 87.2 Å². The van der Waals surface area contributed by atoms with Crippen LogP contribution in [-0.4, -0.2) is 39.0 Å². The number of rotatable bonds is 10. The van der Waals surface area contributed by atoms with Crippen LogP contribution < -0.4 is 0 Å². The van der Waals surface area contributed by atoms with E-state index in [1.807, 2.05) is 121 Å². The molecule has 0 unspecified atom stereocenters. The third kappa shape index (κ3) is 11.2. The lowest BCUT2D eigenvalue weighted by Crippen LogP contribution is -2.00. The molecular formula is C102H64N8. The summed E-state index contributed by atoms with van der Waals surface area (Å²) in [7, 11) is 0. The minimum absolute atomic E-state index is 0.645. The molecule has 4 aromatic heterocycles. The van der Waals surface area contributed by atoms with Crippen LogP contribution in [0.5, 0.6) is 0 Å². The maximum Gasteiger partial charge on any atom is 0.164 e. The van der Waals surface area contributed by atoms with E-state index >= 15 is 0 Å². The molecule has 4 heterocycles. The summed E-state index contributed by atoms with van der Waals surface area (Å²) >= 11 is 0. The monoisotopic (exact) mass is 1400 g/mol. The Hall–Kier alpha value is -14.9. The number of benzene rings is 18. The fraction of sp³-hybridized carbons (Fsp3) is 0. The Balaban J connectivity index is 0.000000140. The van der Waals surface area contributed by atoms with Gasteiger partial charge in [-0.05, 0) is 154 Å². The third-order valence-corrected chi connectivity index (χ3v) is 21.6. The zero-order chi connectivity index (χ0) is 72.6. The average Bonchev–Trinajstić information content (AvgIpc) is 1.57. The number of hydrogen-bond donors (Lipinski definition) is 0. The van der Waals surface area contributed by atoms with E-state index in [0.29, 0.717) is 34.9 Å². The maximum atomic E-state index is 4.98. The Labute approximate surface area is 633 Å². The van der Waals surface area contributed by atoms with Crippen molar-refractivity contribution >= 4 is 108 Å². The molecule has 8 heteroatoms. The van der Waals surface area contributed by atoms with Gasteiger partial charge in [0.1, 0.15) is 0 Å². The highest BCUT2D eigenvalue weighted by atomic mass is 15.0. The van der Waals surface area contributed by atoms with E-state index in [4.69, 9.17) is 29.9 Å². The standard InChI is InChI=1S/2C51H32N4/c1-3-13-35(14-4-1)49-52-50(36-15-5-2-6-16-36)54-51(53-49)40-18-11-17-37(31-40)38-25-28-43-39(30-38)26-29-47-48(43)44-20-9-10-21-46(44)55(47)41-27-24-34-23-22-33-12-7-8-19-42(33)45(34)32-41;1-3-12-36(13-4-1)49-52-50(37-14-5-2-6-15-37)54-51(53-49)38-23-19-33(20-24-38)39-26-29-43-40(31-39)27-30-47-48(43)44-17-9-10-18-46(44)55(47)41-28-25-35-22-21-34-11-7-8-16-42(34)45(35)32-41/h2*1-32H. The molecule has 0 aliphatic heterocycles. The molecule has 0 N–H and O–H groups in total. The minimum atomic E-state index is 0.645. The summed E-state index contributed by atoms with van der Waals surface area (Å²) in [6, 6.07) is 138. The zero-order valence-corrected chi connectivity index (χ0v) is 59.5. The van der Waals surface area contributed by atoms with Crippen molar-refractivity contribution < 1.29 is 0 Å². The van der Waals surface area contributed by atoms with Crippen molar-refractivity contribution in [2.24, 2.45) is 0 Å². The van der Waals surface area contributed by atoms with Gasteiger partial charge in [0.05, 0.1) is 22.1 Å². The van der Waals surface area contributed by atoms with Crippen LogP contribution in [0.3, 0.4) is 0 Å². The summed E-state index contributed by atoms with van der Waals surface area (Å²) in [5, 5.41) is 20.0.